The predicted molar refractivity (Wildman–Crippen MR) is 129 cm³/mol. The number of halogens is 2. The molecule has 1 fully saturated rings. The van der Waals surface area contributed by atoms with Crippen LogP contribution in [0.4, 0.5) is 0 Å². The zero-order valence-electron chi connectivity index (χ0n) is 14.4. The standard InChI is InChI=1S/C20H14I2N2O3S/c1-2-8-27-17-14(21)9-12(10-15(17)22)11-16-19(26)24-20(28-16)23-18(25)13-6-4-3-5-7-13/h2-7,9-11H,1,8H2,(H,23,24,25,26)/b16-11-. The molecule has 1 heterocycles. The first kappa shape index (κ1) is 21.1. The number of aliphatic imine (C=N–C) groups is 1. The summed E-state index contributed by atoms with van der Waals surface area (Å²) >= 11 is 5.55. The summed E-state index contributed by atoms with van der Waals surface area (Å²) in [6.45, 7) is 4.08. The molecule has 1 aliphatic heterocycles. The summed E-state index contributed by atoms with van der Waals surface area (Å²) in [6, 6.07) is 12.6. The fraction of sp³-hybridized carbons (Fsp3) is 0.0500. The van der Waals surface area contributed by atoms with Crippen molar-refractivity contribution in [2.24, 2.45) is 4.99 Å². The van der Waals surface area contributed by atoms with Gasteiger partial charge in [0.25, 0.3) is 11.8 Å². The van der Waals surface area contributed by atoms with Crippen LogP contribution >= 0.6 is 56.9 Å². The molecule has 1 saturated heterocycles. The molecule has 2 aromatic rings. The third-order valence-electron chi connectivity index (χ3n) is 3.54. The van der Waals surface area contributed by atoms with E-state index in [0.29, 0.717) is 17.1 Å². The van der Waals surface area contributed by atoms with Gasteiger partial charge in [-0.2, -0.15) is 4.99 Å². The molecule has 0 saturated carbocycles. The molecule has 1 aliphatic rings. The van der Waals surface area contributed by atoms with Crippen molar-refractivity contribution in [1.82, 2.24) is 5.32 Å². The van der Waals surface area contributed by atoms with Crippen LogP contribution in [0, 0.1) is 7.14 Å². The number of rotatable bonds is 5. The van der Waals surface area contributed by atoms with Crippen LogP contribution in [-0.2, 0) is 4.79 Å². The molecule has 0 aliphatic carbocycles. The van der Waals surface area contributed by atoms with E-state index < -0.39 is 5.91 Å². The van der Waals surface area contributed by atoms with Crippen LogP contribution in [-0.4, -0.2) is 23.6 Å². The van der Waals surface area contributed by atoms with E-state index in [1.54, 1.807) is 36.4 Å². The Morgan fingerprint density at radius 2 is 1.89 bits per heavy atom. The van der Waals surface area contributed by atoms with Gasteiger partial charge in [0.1, 0.15) is 12.4 Å². The van der Waals surface area contributed by atoms with Crippen molar-refractivity contribution in [3.05, 3.63) is 78.3 Å². The molecule has 5 nitrogen and oxygen atoms in total. The quantitative estimate of drug-likeness (QED) is 0.296. The molecule has 2 aromatic carbocycles. The van der Waals surface area contributed by atoms with E-state index in [2.05, 4.69) is 62.1 Å². The number of amides is 2. The van der Waals surface area contributed by atoms with Crippen LogP contribution in [0.5, 0.6) is 5.75 Å². The van der Waals surface area contributed by atoms with E-state index in [1.807, 2.05) is 18.2 Å². The normalized spacial score (nSPS) is 16.3. The van der Waals surface area contributed by atoms with Crippen LogP contribution in [0.25, 0.3) is 6.08 Å². The van der Waals surface area contributed by atoms with Crippen molar-refractivity contribution in [1.29, 1.82) is 0 Å². The largest absolute Gasteiger partial charge is 0.487 e. The Bertz CT molecular complexity index is 981. The molecule has 28 heavy (non-hydrogen) atoms. The smallest absolute Gasteiger partial charge is 0.279 e. The zero-order valence-corrected chi connectivity index (χ0v) is 19.6. The van der Waals surface area contributed by atoms with Crippen molar-refractivity contribution in [2.75, 3.05) is 6.61 Å². The van der Waals surface area contributed by atoms with Crippen molar-refractivity contribution < 1.29 is 14.3 Å². The molecule has 2 amide bonds. The Labute approximate surface area is 194 Å². The number of amidine groups is 1. The van der Waals surface area contributed by atoms with Gasteiger partial charge in [0.05, 0.1) is 12.0 Å². The van der Waals surface area contributed by atoms with Gasteiger partial charge in [-0.1, -0.05) is 30.9 Å². The van der Waals surface area contributed by atoms with Gasteiger partial charge in [-0.15, -0.1) is 0 Å². The van der Waals surface area contributed by atoms with Gasteiger partial charge in [0.2, 0.25) is 0 Å². The van der Waals surface area contributed by atoms with Crippen molar-refractivity contribution in [2.45, 2.75) is 0 Å². The Hall–Kier alpha value is -1.66. The highest BCUT2D eigenvalue weighted by atomic mass is 127. The number of ether oxygens (including phenoxy) is 1. The molecule has 0 spiro atoms. The van der Waals surface area contributed by atoms with Gasteiger partial charge >= 0.3 is 0 Å². The number of carbonyl (C=O) groups excluding carboxylic acids is 2. The first-order valence-electron chi connectivity index (χ1n) is 8.09. The number of nitrogens with one attached hydrogen (secondary N) is 1. The van der Waals surface area contributed by atoms with Crippen LogP contribution in [0.1, 0.15) is 15.9 Å². The molecule has 0 aromatic heterocycles. The molecule has 0 atom stereocenters. The first-order chi connectivity index (χ1) is 13.5. The van der Waals surface area contributed by atoms with Gasteiger partial charge < -0.3 is 10.1 Å². The van der Waals surface area contributed by atoms with Crippen LogP contribution in [0.3, 0.4) is 0 Å². The predicted octanol–water partition coefficient (Wildman–Crippen LogP) is 4.86. The lowest BCUT2D eigenvalue weighted by Crippen LogP contribution is -2.20. The van der Waals surface area contributed by atoms with E-state index in [9.17, 15) is 9.59 Å². The fourth-order valence-corrected chi connectivity index (χ4v) is 5.26. The van der Waals surface area contributed by atoms with Gasteiger partial charge in [0.15, 0.2) is 5.17 Å². The van der Waals surface area contributed by atoms with E-state index >= 15 is 0 Å². The topological polar surface area (TPSA) is 67.8 Å². The number of hydrogen-bond acceptors (Lipinski definition) is 4. The minimum Gasteiger partial charge on any atom is -0.487 e. The lowest BCUT2D eigenvalue weighted by Gasteiger charge is -2.09. The molecule has 0 radical (unpaired) electrons. The van der Waals surface area contributed by atoms with Crippen molar-refractivity contribution in [3.63, 3.8) is 0 Å². The maximum Gasteiger partial charge on any atom is 0.279 e. The third kappa shape index (κ3) is 5.23. The number of carbonyl (C=O) groups is 2. The van der Waals surface area contributed by atoms with Gasteiger partial charge in [-0.05, 0) is 92.8 Å². The molecule has 0 unspecified atom stereocenters. The monoisotopic (exact) mass is 616 g/mol. The Balaban J connectivity index is 1.80. The van der Waals surface area contributed by atoms with Crippen LogP contribution in [0.2, 0.25) is 0 Å². The lowest BCUT2D eigenvalue weighted by atomic mass is 10.2. The molecular formula is C20H14I2N2O3S. The summed E-state index contributed by atoms with van der Waals surface area (Å²) in [4.78, 5) is 28.9. The highest BCUT2D eigenvalue weighted by Crippen LogP contribution is 2.32. The number of benzene rings is 2. The summed E-state index contributed by atoms with van der Waals surface area (Å²) in [7, 11) is 0. The summed E-state index contributed by atoms with van der Waals surface area (Å²) in [6.07, 6.45) is 3.47. The summed E-state index contributed by atoms with van der Waals surface area (Å²) < 4.78 is 7.55. The second-order valence-corrected chi connectivity index (χ2v) is 8.92. The summed E-state index contributed by atoms with van der Waals surface area (Å²) in [5.74, 6) is 0.126. The second kappa shape index (κ2) is 9.70. The molecular weight excluding hydrogens is 602 g/mol. The minimum atomic E-state index is -0.391. The zero-order chi connectivity index (χ0) is 20.1. The van der Waals surface area contributed by atoms with Gasteiger partial charge in [-0.25, -0.2) is 0 Å². The maximum absolute atomic E-state index is 12.3. The van der Waals surface area contributed by atoms with E-state index in [1.165, 1.54) is 0 Å². The average Bonchev–Trinajstić information content (AvgIpc) is 3.00. The molecule has 8 heteroatoms. The summed E-state index contributed by atoms with van der Waals surface area (Å²) in [5, 5.41) is 2.92. The van der Waals surface area contributed by atoms with Crippen LogP contribution in [0.15, 0.2) is 65.0 Å². The minimum absolute atomic E-state index is 0.276. The highest BCUT2D eigenvalue weighted by Gasteiger charge is 2.25. The van der Waals surface area contributed by atoms with Gasteiger partial charge in [-0.3, -0.25) is 9.59 Å². The van der Waals surface area contributed by atoms with Crippen molar-refractivity contribution >= 4 is 80.0 Å². The SMILES string of the molecule is C=CCOc1c(I)cc(/C=C2\SC(=NC(=O)c3ccccc3)NC2=O)cc1I. The number of hydrogen-bond donors (Lipinski definition) is 1. The maximum atomic E-state index is 12.3. The Morgan fingerprint density at radius 3 is 2.54 bits per heavy atom. The van der Waals surface area contributed by atoms with E-state index in [-0.39, 0.29) is 11.1 Å². The fourth-order valence-electron chi connectivity index (χ4n) is 2.31. The third-order valence-corrected chi connectivity index (χ3v) is 6.05. The highest BCUT2D eigenvalue weighted by molar-refractivity contribution is 14.1. The molecule has 0 bridgehead atoms. The first-order valence-corrected chi connectivity index (χ1v) is 11.1. The van der Waals surface area contributed by atoms with Crippen molar-refractivity contribution in [3.8, 4) is 5.75 Å². The Morgan fingerprint density at radius 1 is 1.21 bits per heavy atom. The Kier molecular flexibility index (Phi) is 7.30. The van der Waals surface area contributed by atoms with Crippen LogP contribution < -0.4 is 10.1 Å². The number of thioether (sulfide) groups is 1. The lowest BCUT2D eigenvalue weighted by molar-refractivity contribution is -0.115. The molecule has 3 rings (SSSR count). The van der Waals surface area contributed by atoms with E-state index in [4.69, 9.17) is 4.74 Å². The van der Waals surface area contributed by atoms with E-state index in [0.717, 1.165) is 30.2 Å². The molecule has 1 N–H and O–H groups in total. The van der Waals surface area contributed by atoms with Gasteiger partial charge in [0, 0.05) is 5.56 Å². The average molecular weight is 616 g/mol. The summed E-state index contributed by atoms with van der Waals surface area (Å²) in [5.41, 5.74) is 1.34. The second-order valence-electron chi connectivity index (χ2n) is 5.57. The molecule has 142 valence electrons. The number of nitrogens with zero attached hydrogens (tertiary/aromatic N) is 1.